The normalized spacial score (nSPS) is 12.4. The van der Waals surface area contributed by atoms with Crippen LogP contribution in [0.5, 0.6) is 23.0 Å². The van der Waals surface area contributed by atoms with Crippen LogP contribution in [0.3, 0.4) is 0 Å². The molecule has 0 saturated carbocycles. The molecule has 11 aromatic rings. The lowest BCUT2D eigenvalue weighted by atomic mass is 9.83. The smallest absolute Gasteiger partial charge is 0.135 e. The topological polar surface area (TPSA) is 18.5 Å². The summed E-state index contributed by atoms with van der Waals surface area (Å²) < 4.78 is 13.2. The van der Waals surface area contributed by atoms with Crippen LogP contribution < -0.4 is 9.47 Å². The summed E-state index contributed by atoms with van der Waals surface area (Å²) in [5.41, 5.74) is 11.8. The minimum atomic E-state index is 0.879. The second-order valence-electron chi connectivity index (χ2n) is 15.5. The van der Waals surface area contributed by atoms with Crippen molar-refractivity contribution in [3.63, 3.8) is 0 Å². The van der Waals surface area contributed by atoms with Crippen LogP contribution in [0.1, 0.15) is 0 Å². The molecule has 2 heteroatoms. The Kier molecular flexibility index (Phi) is 6.47. The third kappa shape index (κ3) is 4.43. The van der Waals surface area contributed by atoms with Crippen LogP contribution in [0.2, 0.25) is 0 Å². The van der Waals surface area contributed by atoms with E-state index >= 15 is 0 Å². The van der Waals surface area contributed by atoms with Crippen LogP contribution in [-0.2, 0) is 0 Å². The van der Waals surface area contributed by atoms with Gasteiger partial charge in [0.25, 0.3) is 0 Å². The van der Waals surface area contributed by atoms with E-state index in [1.54, 1.807) is 0 Å². The SMILES string of the molecule is c1ccc2c(c1)Oc1cccc3c(-c4cccc5c(-c6cccc7ccccc67)c6cccc(-c7ccc8c(c7)Oc7cccc9cccc-8c79)c6cc45)ccc-2c13. The van der Waals surface area contributed by atoms with E-state index in [-0.39, 0.29) is 0 Å². The predicted octanol–water partition coefficient (Wildman–Crippen LogP) is 16.0. The summed E-state index contributed by atoms with van der Waals surface area (Å²) in [7, 11) is 0. The molecule has 2 nitrogen and oxygen atoms in total. The lowest BCUT2D eigenvalue weighted by molar-refractivity contribution is 0.487. The van der Waals surface area contributed by atoms with Crippen LogP contribution in [-0.4, -0.2) is 0 Å². The van der Waals surface area contributed by atoms with Gasteiger partial charge in [0, 0.05) is 21.9 Å². The van der Waals surface area contributed by atoms with E-state index in [2.05, 4.69) is 188 Å². The molecular weight excluding hydrogens is 705 g/mol. The number of benzene rings is 11. The summed E-state index contributed by atoms with van der Waals surface area (Å²) in [6.45, 7) is 0. The van der Waals surface area contributed by atoms with Gasteiger partial charge in [0.1, 0.15) is 23.0 Å². The van der Waals surface area contributed by atoms with Gasteiger partial charge >= 0.3 is 0 Å². The Hall–Kier alpha value is -7.68. The van der Waals surface area contributed by atoms with Crippen molar-refractivity contribution in [2.45, 2.75) is 0 Å². The van der Waals surface area contributed by atoms with Crippen LogP contribution in [0.15, 0.2) is 194 Å². The Morgan fingerprint density at radius 2 is 0.741 bits per heavy atom. The molecule has 2 heterocycles. The third-order valence-corrected chi connectivity index (χ3v) is 12.5. The van der Waals surface area contributed by atoms with Crippen molar-refractivity contribution >= 4 is 53.9 Å². The van der Waals surface area contributed by atoms with Crippen molar-refractivity contribution in [3.8, 4) is 78.6 Å². The van der Waals surface area contributed by atoms with Gasteiger partial charge in [-0.2, -0.15) is 0 Å². The summed E-state index contributed by atoms with van der Waals surface area (Å²) in [6.07, 6.45) is 0. The quantitative estimate of drug-likeness (QED) is 0.168. The number of hydrogen-bond acceptors (Lipinski definition) is 2. The summed E-state index contributed by atoms with van der Waals surface area (Å²) in [5, 5.41) is 12.0. The van der Waals surface area contributed by atoms with Crippen molar-refractivity contribution < 1.29 is 9.47 Å². The zero-order chi connectivity index (χ0) is 37.9. The second kappa shape index (κ2) is 11.9. The van der Waals surface area contributed by atoms with Gasteiger partial charge in [-0.05, 0) is 124 Å². The fraction of sp³-hybridized carbons (Fsp3) is 0. The highest BCUT2D eigenvalue weighted by Crippen LogP contribution is 2.52. The second-order valence-corrected chi connectivity index (χ2v) is 15.5. The lowest BCUT2D eigenvalue weighted by Gasteiger charge is -2.23. The molecule has 0 unspecified atom stereocenters. The maximum Gasteiger partial charge on any atom is 0.135 e. The maximum absolute atomic E-state index is 6.70. The first-order valence-electron chi connectivity index (χ1n) is 19.9. The number of fused-ring (bicyclic) bond motifs is 7. The first-order valence-corrected chi connectivity index (χ1v) is 19.9. The minimum absolute atomic E-state index is 0.879. The predicted molar refractivity (Wildman–Crippen MR) is 241 cm³/mol. The molecule has 0 radical (unpaired) electrons. The maximum atomic E-state index is 6.70. The van der Waals surface area contributed by atoms with E-state index in [1.165, 1.54) is 87.4 Å². The fourth-order valence-electron chi connectivity index (χ4n) is 9.93. The molecule has 0 aliphatic carbocycles. The summed E-state index contributed by atoms with van der Waals surface area (Å²) in [5.74, 6) is 3.57. The number of hydrogen-bond donors (Lipinski definition) is 0. The highest BCUT2D eigenvalue weighted by Gasteiger charge is 2.24. The highest BCUT2D eigenvalue weighted by atomic mass is 16.5. The van der Waals surface area contributed by atoms with Crippen molar-refractivity contribution in [2.24, 2.45) is 0 Å². The average molecular weight is 737 g/mol. The van der Waals surface area contributed by atoms with Crippen LogP contribution in [0.25, 0.3) is 109 Å². The molecule has 0 saturated heterocycles. The monoisotopic (exact) mass is 736 g/mol. The van der Waals surface area contributed by atoms with E-state index in [4.69, 9.17) is 9.47 Å². The molecule has 0 atom stereocenters. The average Bonchev–Trinajstić information content (AvgIpc) is 3.28. The van der Waals surface area contributed by atoms with Gasteiger partial charge in [-0.3, -0.25) is 0 Å². The molecule has 11 aromatic carbocycles. The van der Waals surface area contributed by atoms with E-state index in [1.807, 2.05) is 6.07 Å². The molecule has 0 bridgehead atoms. The van der Waals surface area contributed by atoms with Gasteiger partial charge in [0.2, 0.25) is 0 Å². The van der Waals surface area contributed by atoms with Crippen molar-refractivity contribution in [3.05, 3.63) is 194 Å². The molecule has 0 fully saturated rings. The fourth-order valence-corrected chi connectivity index (χ4v) is 9.93. The molecule has 0 N–H and O–H groups in total. The number of para-hydroxylation sites is 1. The molecule has 0 amide bonds. The van der Waals surface area contributed by atoms with Crippen molar-refractivity contribution in [1.29, 1.82) is 0 Å². The van der Waals surface area contributed by atoms with E-state index < -0.39 is 0 Å². The molecule has 268 valence electrons. The van der Waals surface area contributed by atoms with E-state index in [0.717, 1.165) is 45.1 Å². The molecule has 2 aliphatic rings. The van der Waals surface area contributed by atoms with Gasteiger partial charge in [-0.1, -0.05) is 158 Å². The van der Waals surface area contributed by atoms with Gasteiger partial charge in [0.05, 0.1) is 0 Å². The highest BCUT2D eigenvalue weighted by molar-refractivity contribution is 6.23. The first-order chi connectivity index (χ1) is 28.8. The Balaban J connectivity index is 1.10. The zero-order valence-electron chi connectivity index (χ0n) is 31.3. The van der Waals surface area contributed by atoms with Crippen molar-refractivity contribution in [2.75, 3.05) is 0 Å². The van der Waals surface area contributed by atoms with Crippen LogP contribution in [0.4, 0.5) is 0 Å². The van der Waals surface area contributed by atoms with Crippen LogP contribution >= 0.6 is 0 Å². The Morgan fingerprint density at radius 3 is 1.64 bits per heavy atom. The standard InChI is InChI=1S/C56H32O2/c1-2-15-36-33(11-1)12-5-19-42(36)55-45-21-8-17-37(35-27-28-41-44-20-6-13-34-14-7-25-51(54(34)44)58-53(41)31-35)48(45)32-49-38(18-9-22-46(49)55)39-29-30-47-40-16-3-4-24-50(40)57-52-26-10-23-43(39)56(47)52/h1-32H. The van der Waals surface area contributed by atoms with Gasteiger partial charge in [0.15, 0.2) is 0 Å². The Labute approximate surface area is 334 Å². The lowest BCUT2D eigenvalue weighted by Crippen LogP contribution is -1.98. The van der Waals surface area contributed by atoms with E-state index in [9.17, 15) is 0 Å². The largest absolute Gasteiger partial charge is 0.456 e. The third-order valence-electron chi connectivity index (χ3n) is 12.5. The van der Waals surface area contributed by atoms with Gasteiger partial charge < -0.3 is 9.47 Å². The number of rotatable bonds is 3. The summed E-state index contributed by atoms with van der Waals surface area (Å²) >= 11 is 0. The van der Waals surface area contributed by atoms with Crippen molar-refractivity contribution in [1.82, 2.24) is 0 Å². The molecule has 2 aliphatic heterocycles. The molecule has 13 rings (SSSR count). The molecule has 58 heavy (non-hydrogen) atoms. The zero-order valence-corrected chi connectivity index (χ0v) is 31.3. The number of ether oxygens (including phenoxy) is 2. The van der Waals surface area contributed by atoms with Gasteiger partial charge in [-0.15, -0.1) is 0 Å². The Morgan fingerprint density at radius 1 is 0.241 bits per heavy atom. The molecular formula is C56H32O2. The molecule has 0 aromatic heterocycles. The summed E-state index contributed by atoms with van der Waals surface area (Å²) in [6, 6.07) is 70.4. The van der Waals surface area contributed by atoms with Crippen LogP contribution in [0, 0.1) is 0 Å². The molecule has 0 spiro atoms. The Bertz CT molecular complexity index is 3570. The van der Waals surface area contributed by atoms with E-state index in [0.29, 0.717) is 0 Å². The first kappa shape index (κ1) is 31.5. The van der Waals surface area contributed by atoms with Gasteiger partial charge in [-0.25, -0.2) is 0 Å². The summed E-state index contributed by atoms with van der Waals surface area (Å²) in [4.78, 5) is 0. The minimum Gasteiger partial charge on any atom is -0.456 e.